The summed E-state index contributed by atoms with van der Waals surface area (Å²) in [5.41, 5.74) is 0.695. The summed E-state index contributed by atoms with van der Waals surface area (Å²) in [6.07, 6.45) is 1.92. The number of sulfonamides is 1. The Hall–Kier alpha value is -1.51. The minimum absolute atomic E-state index is 0.00473. The molecule has 7 nitrogen and oxygen atoms in total. The summed E-state index contributed by atoms with van der Waals surface area (Å²) in [4.78, 5) is 10.1. The van der Waals surface area contributed by atoms with Crippen molar-refractivity contribution in [1.82, 2.24) is 10.0 Å². The van der Waals surface area contributed by atoms with Gasteiger partial charge in [-0.3, -0.25) is 10.1 Å². The third kappa shape index (κ3) is 5.07. The summed E-state index contributed by atoms with van der Waals surface area (Å²) in [5, 5.41) is 13.7. The Kier molecular flexibility index (Phi) is 5.27. The molecule has 0 spiro atoms. The van der Waals surface area contributed by atoms with Gasteiger partial charge in [0.25, 0.3) is 5.69 Å². The molecule has 2 N–H and O–H groups in total. The zero-order valence-corrected chi connectivity index (χ0v) is 12.4. The lowest BCUT2D eigenvalue weighted by Gasteiger charge is -2.22. The maximum atomic E-state index is 12.0. The number of piperidine rings is 1. The molecule has 1 atom stereocenters. The molecule has 1 fully saturated rings. The standard InChI is InChI=1S/C13H19N3O4S/c17-16(18)13-5-3-11(4-6-13)9-15-21(19,20)10-12-2-1-7-14-8-12/h3-6,12,14-15H,1-2,7-10H2. The fourth-order valence-corrected chi connectivity index (χ4v) is 3.77. The van der Waals surface area contributed by atoms with Gasteiger partial charge in [-0.2, -0.15) is 0 Å². The minimum Gasteiger partial charge on any atom is -0.316 e. The Morgan fingerprint density at radius 1 is 1.33 bits per heavy atom. The quantitative estimate of drug-likeness (QED) is 0.603. The molecule has 1 aromatic carbocycles. The van der Waals surface area contributed by atoms with Crippen LogP contribution in [0.5, 0.6) is 0 Å². The molecule has 1 aliphatic rings. The highest BCUT2D eigenvalue weighted by atomic mass is 32.2. The number of non-ortho nitro benzene ring substituents is 1. The Morgan fingerprint density at radius 3 is 2.62 bits per heavy atom. The van der Waals surface area contributed by atoms with Crippen molar-refractivity contribution in [2.75, 3.05) is 18.8 Å². The summed E-state index contributed by atoms with van der Waals surface area (Å²) in [5.74, 6) is 0.264. The van der Waals surface area contributed by atoms with E-state index in [-0.39, 0.29) is 23.9 Å². The summed E-state index contributed by atoms with van der Waals surface area (Å²) in [6, 6.07) is 5.86. The Morgan fingerprint density at radius 2 is 2.05 bits per heavy atom. The first-order valence-corrected chi connectivity index (χ1v) is 8.53. The lowest BCUT2D eigenvalue weighted by atomic mass is 10.0. The van der Waals surface area contributed by atoms with Crippen LogP contribution in [0.2, 0.25) is 0 Å². The van der Waals surface area contributed by atoms with E-state index in [2.05, 4.69) is 10.0 Å². The highest BCUT2D eigenvalue weighted by Gasteiger charge is 2.20. The molecule has 2 rings (SSSR count). The van der Waals surface area contributed by atoms with Gasteiger partial charge in [-0.05, 0) is 37.4 Å². The number of hydrogen-bond donors (Lipinski definition) is 2. The van der Waals surface area contributed by atoms with E-state index >= 15 is 0 Å². The van der Waals surface area contributed by atoms with Crippen LogP contribution in [0.1, 0.15) is 18.4 Å². The lowest BCUT2D eigenvalue weighted by molar-refractivity contribution is -0.384. The van der Waals surface area contributed by atoms with Crippen LogP contribution < -0.4 is 10.0 Å². The SMILES string of the molecule is O=[N+]([O-])c1ccc(CNS(=O)(=O)CC2CCCNC2)cc1. The highest BCUT2D eigenvalue weighted by molar-refractivity contribution is 7.89. The van der Waals surface area contributed by atoms with E-state index in [0.29, 0.717) is 5.56 Å². The van der Waals surface area contributed by atoms with Crippen LogP contribution in [0, 0.1) is 16.0 Å². The van der Waals surface area contributed by atoms with Crippen LogP contribution in [0.4, 0.5) is 5.69 Å². The van der Waals surface area contributed by atoms with Crippen LogP contribution >= 0.6 is 0 Å². The largest absolute Gasteiger partial charge is 0.316 e. The second-order valence-corrected chi connectivity index (χ2v) is 7.09. The molecule has 21 heavy (non-hydrogen) atoms. The number of nitrogens with one attached hydrogen (secondary N) is 2. The predicted octanol–water partition coefficient (Wildman–Crippen LogP) is 1.01. The highest BCUT2D eigenvalue weighted by Crippen LogP contribution is 2.14. The second kappa shape index (κ2) is 6.97. The Labute approximate surface area is 123 Å². The molecule has 1 saturated heterocycles. The summed E-state index contributed by atoms with van der Waals surface area (Å²) >= 11 is 0. The molecule has 0 radical (unpaired) electrons. The zero-order chi connectivity index (χ0) is 15.3. The number of nitro groups is 1. The van der Waals surface area contributed by atoms with Crippen molar-refractivity contribution in [3.8, 4) is 0 Å². The topological polar surface area (TPSA) is 101 Å². The van der Waals surface area contributed by atoms with Gasteiger partial charge in [0, 0.05) is 18.7 Å². The molecule has 0 amide bonds. The van der Waals surface area contributed by atoms with Crippen LogP contribution in [-0.2, 0) is 16.6 Å². The van der Waals surface area contributed by atoms with Gasteiger partial charge < -0.3 is 5.32 Å². The smallest absolute Gasteiger partial charge is 0.269 e. The first-order chi connectivity index (χ1) is 9.96. The van der Waals surface area contributed by atoms with Crippen molar-refractivity contribution in [1.29, 1.82) is 0 Å². The zero-order valence-electron chi connectivity index (χ0n) is 11.6. The molecule has 0 aliphatic carbocycles. The maximum absolute atomic E-state index is 12.0. The summed E-state index contributed by atoms with van der Waals surface area (Å²) < 4.78 is 26.5. The molecule has 1 aliphatic heterocycles. The van der Waals surface area contributed by atoms with Crippen LogP contribution in [0.25, 0.3) is 0 Å². The van der Waals surface area contributed by atoms with Crippen molar-refractivity contribution in [2.24, 2.45) is 5.92 Å². The van der Waals surface area contributed by atoms with Crippen LogP contribution in [-0.4, -0.2) is 32.2 Å². The third-order valence-corrected chi connectivity index (χ3v) is 4.99. The molecule has 8 heteroatoms. The molecule has 1 unspecified atom stereocenters. The van der Waals surface area contributed by atoms with Gasteiger partial charge >= 0.3 is 0 Å². The molecular formula is C13H19N3O4S. The van der Waals surface area contributed by atoms with Crippen molar-refractivity contribution in [3.05, 3.63) is 39.9 Å². The predicted molar refractivity (Wildman–Crippen MR) is 79.3 cm³/mol. The number of hydrogen-bond acceptors (Lipinski definition) is 5. The van der Waals surface area contributed by atoms with E-state index < -0.39 is 14.9 Å². The van der Waals surface area contributed by atoms with Gasteiger partial charge in [0.2, 0.25) is 10.0 Å². The van der Waals surface area contributed by atoms with E-state index in [9.17, 15) is 18.5 Å². The molecule has 0 aromatic heterocycles. The molecule has 116 valence electrons. The van der Waals surface area contributed by atoms with Gasteiger partial charge in [0.1, 0.15) is 0 Å². The van der Waals surface area contributed by atoms with Crippen molar-refractivity contribution < 1.29 is 13.3 Å². The van der Waals surface area contributed by atoms with Gasteiger partial charge in [-0.1, -0.05) is 12.1 Å². The third-order valence-electron chi connectivity index (χ3n) is 3.50. The van der Waals surface area contributed by atoms with Gasteiger partial charge in [-0.25, -0.2) is 13.1 Å². The van der Waals surface area contributed by atoms with E-state index in [1.54, 1.807) is 12.1 Å². The van der Waals surface area contributed by atoms with E-state index in [1.807, 2.05) is 0 Å². The van der Waals surface area contributed by atoms with E-state index in [0.717, 1.165) is 25.9 Å². The second-order valence-electron chi connectivity index (χ2n) is 5.24. The molecule has 1 heterocycles. The summed E-state index contributed by atoms with van der Waals surface area (Å²) in [6.45, 7) is 1.84. The fraction of sp³-hybridized carbons (Fsp3) is 0.538. The average Bonchev–Trinajstić information content (AvgIpc) is 2.46. The first kappa shape index (κ1) is 15.9. The first-order valence-electron chi connectivity index (χ1n) is 6.88. The Bertz CT molecular complexity index is 580. The fourth-order valence-electron chi connectivity index (χ4n) is 2.36. The van der Waals surface area contributed by atoms with Crippen LogP contribution in [0.3, 0.4) is 0 Å². The van der Waals surface area contributed by atoms with E-state index in [1.165, 1.54) is 12.1 Å². The summed E-state index contributed by atoms with van der Waals surface area (Å²) in [7, 11) is -3.33. The average molecular weight is 313 g/mol. The van der Waals surface area contributed by atoms with Crippen molar-refractivity contribution in [2.45, 2.75) is 19.4 Å². The Balaban J connectivity index is 1.87. The van der Waals surface area contributed by atoms with Crippen molar-refractivity contribution in [3.63, 3.8) is 0 Å². The number of nitrogens with zero attached hydrogens (tertiary/aromatic N) is 1. The monoisotopic (exact) mass is 313 g/mol. The van der Waals surface area contributed by atoms with Crippen molar-refractivity contribution >= 4 is 15.7 Å². The minimum atomic E-state index is -3.33. The maximum Gasteiger partial charge on any atom is 0.269 e. The lowest BCUT2D eigenvalue weighted by Crippen LogP contribution is -2.37. The van der Waals surface area contributed by atoms with Gasteiger partial charge in [0.15, 0.2) is 0 Å². The van der Waals surface area contributed by atoms with Gasteiger partial charge in [-0.15, -0.1) is 0 Å². The molecule has 0 bridgehead atoms. The molecular weight excluding hydrogens is 294 g/mol. The number of rotatable bonds is 6. The number of benzene rings is 1. The normalized spacial score (nSPS) is 19.3. The number of nitro benzene ring substituents is 1. The molecule has 0 saturated carbocycles. The van der Waals surface area contributed by atoms with E-state index in [4.69, 9.17) is 0 Å². The van der Waals surface area contributed by atoms with Crippen LogP contribution in [0.15, 0.2) is 24.3 Å². The molecule has 1 aromatic rings. The van der Waals surface area contributed by atoms with Gasteiger partial charge in [0.05, 0.1) is 10.7 Å².